The molecule has 11 heteroatoms. The minimum absolute atomic E-state index is 0.00247. The highest BCUT2D eigenvalue weighted by atomic mass is 32.2. The third-order valence-electron chi connectivity index (χ3n) is 6.53. The van der Waals surface area contributed by atoms with Crippen LogP contribution in [-0.4, -0.2) is 80.0 Å². The van der Waals surface area contributed by atoms with E-state index in [4.69, 9.17) is 9.47 Å². The van der Waals surface area contributed by atoms with E-state index in [0.717, 1.165) is 48.2 Å². The average molecular weight is 505 g/mol. The molecule has 0 bridgehead atoms. The zero-order valence-electron chi connectivity index (χ0n) is 20.4. The number of hydrogen-bond acceptors (Lipinski definition) is 7. The minimum atomic E-state index is -3.11. The number of aromatic nitrogens is 2. The fraction of sp³-hybridized carbons (Fsp3) is 0.542. The Balaban J connectivity index is 1.67. The zero-order chi connectivity index (χ0) is 25.2. The molecule has 2 aliphatic heterocycles. The van der Waals surface area contributed by atoms with Gasteiger partial charge in [0.1, 0.15) is 22.2 Å². The number of amides is 2. The van der Waals surface area contributed by atoms with Gasteiger partial charge in [-0.25, -0.2) is 13.2 Å². The lowest BCUT2D eigenvalue weighted by Crippen LogP contribution is -2.42. The van der Waals surface area contributed by atoms with Gasteiger partial charge in [-0.2, -0.15) is 5.10 Å². The lowest BCUT2D eigenvalue weighted by Gasteiger charge is -2.35. The van der Waals surface area contributed by atoms with Crippen molar-refractivity contribution in [2.45, 2.75) is 45.2 Å². The van der Waals surface area contributed by atoms with Crippen molar-refractivity contribution in [1.29, 1.82) is 0 Å². The van der Waals surface area contributed by atoms with Crippen molar-refractivity contribution in [3.8, 4) is 16.9 Å². The number of ether oxygens (including phenoxy) is 2. The van der Waals surface area contributed by atoms with Crippen LogP contribution in [0.5, 0.6) is 5.75 Å². The molecule has 0 radical (unpaired) electrons. The third-order valence-corrected chi connectivity index (χ3v) is 7.46. The van der Waals surface area contributed by atoms with E-state index in [1.807, 2.05) is 19.1 Å². The average Bonchev–Trinajstić information content (AvgIpc) is 3.45. The summed E-state index contributed by atoms with van der Waals surface area (Å²) in [4.78, 5) is 28.0. The molecule has 0 N–H and O–H groups in total. The number of carbonyl (C=O) groups is 2. The Morgan fingerprint density at radius 2 is 2.03 bits per heavy atom. The molecular formula is C24H32N4O6S. The molecule has 0 spiro atoms. The Bertz CT molecular complexity index is 1210. The summed E-state index contributed by atoms with van der Waals surface area (Å²) in [6.45, 7) is 3.80. The molecule has 1 aromatic carbocycles. The van der Waals surface area contributed by atoms with Crippen LogP contribution >= 0.6 is 0 Å². The topological polar surface area (TPSA) is 111 Å². The highest BCUT2D eigenvalue weighted by Crippen LogP contribution is 2.43. The molecule has 0 aliphatic carbocycles. The summed E-state index contributed by atoms with van der Waals surface area (Å²) in [6, 6.07) is 3.76. The van der Waals surface area contributed by atoms with Crippen molar-refractivity contribution in [2.75, 3.05) is 43.7 Å². The van der Waals surface area contributed by atoms with Gasteiger partial charge in [0.05, 0.1) is 37.8 Å². The van der Waals surface area contributed by atoms with Crippen molar-refractivity contribution in [1.82, 2.24) is 14.7 Å². The van der Waals surface area contributed by atoms with Crippen molar-refractivity contribution in [2.24, 2.45) is 0 Å². The van der Waals surface area contributed by atoms with Gasteiger partial charge in [0.25, 0.3) is 0 Å². The first-order valence-electron chi connectivity index (χ1n) is 11.8. The van der Waals surface area contributed by atoms with Gasteiger partial charge in [-0.05, 0) is 38.3 Å². The third kappa shape index (κ3) is 5.61. The van der Waals surface area contributed by atoms with Gasteiger partial charge in [0.15, 0.2) is 0 Å². The highest BCUT2D eigenvalue weighted by Gasteiger charge is 2.32. The fourth-order valence-corrected chi connectivity index (χ4v) is 5.17. The van der Waals surface area contributed by atoms with E-state index >= 15 is 0 Å². The Labute approximate surface area is 205 Å². The summed E-state index contributed by atoms with van der Waals surface area (Å²) < 4.78 is 36.1. The lowest BCUT2D eigenvalue weighted by atomic mass is 9.92. The summed E-state index contributed by atoms with van der Waals surface area (Å²) in [5.41, 5.74) is 3.25. The first-order valence-corrected chi connectivity index (χ1v) is 13.9. The Morgan fingerprint density at radius 3 is 2.71 bits per heavy atom. The second kappa shape index (κ2) is 10.3. The zero-order valence-corrected chi connectivity index (χ0v) is 21.2. The molecule has 2 aromatic rings. The molecule has 4 rings (SSSR count). The minimum Gasteiger partial charge on any atom is -0.491 e. The van der Waals surface area contributed by atoms with Crippen molar-refractivity contribution in [3.63, 3.8) is 0 Å². The van der Waals surface area contributed by atoms with Crippen LogP contribution in [0.1, 0.15) is 31.7 Å². The van der Waals surface area contributed by atoms with E-state index in [2.05, 4.69) is 5.10 Å². The SMILES string of the molecule is COC(=O)N1c2ccc(-c3cnn(CCS(C)(=O)=O)c3)c(OCCN3CCCC3=O)c2CC[C@@H]1C. The Kier molecular flexibility index (Phi) is 7.34. The van der Waals surface area contributed by atoms with Gasteiger partial charge in [0, 0.05) is 48.2 Å². The van der Waals surface area contributed by atoms with Crippen LogP contribution < -0.4 is 9.64 Å². The van der Waals surface area contributed by atoms with Gasteiger partial charge in [-0.3, -0.25) is 14.4 Å². The lowest BCUT2D eigenvalue weighted by molar-refractivity contribution is -0.128. The van der Waals surface area contributed by atoms with Crippen LogP contribution in [0.15, 0.2) is 24.5 Å². The first-order chi connectivity index (χ1) is 16.7. The van der Waals surface area contributed by atoms with Gasteiger partial charge < -0.3 is 14.4 Å². The van der Waals surface area contributed by atoms with Crippen molar-refractivity contribution < 1.29 is 27.5 Å². The number of benzene rings is 1. The molecule has 0 unspecified atom stereocenters. The number of sulfone groups is 1. The van der Waals surface area contributed by atoms with Gasteiger partial charge in [0.2, 0.25) is 5.91 Å². The van der Waals surface area contributed by atoms with Gasteiger partial charge in [-0.1, -0.05) is 0 Å². The van der Waals surface area contributed by atoms with Crippen LogP contribution in [0.25, 0.3) is 11.1 Å². The molecule has 1 fully saturated rings. The number of aryl methyl sites for hydroxylation is 1. The molecule has 10 nitrogen and oxygen atoms in total. The summed E-state index contributed by atoms with van der Waals surface area (Å²) >= 11 is 0. The summed E-state index contributed by atoms with van der Waals surface area (Å²) in [5, 5.41) is 4.33. The molecular weight excluding hydrogens is 472 g/mol. The van der Waals surface area contributed by atoms with Crippen LogP contribution in [0.3, 0.4) is 0 Å². The highest BCUT2D eigenvalue weighted by molar-refractivity contribution is 7.90. The normalized spacial score (nSPS) is 18.0. The summed E-state index contributed by atoms with van der Waals surface area (Å²) in [7, 11) is -1.74. The summed E-state index contributed by atoms with van der Waals surface area (Å²) in [6.07, 6.45) is 7.17. The maximum absolute atomic E-state index is 12.5. The first kappa shape index (κ1) is 25.0. The predicted molar refractivity (Wildman–Crippen MR) is 131 cm³/mol. The monoisotopic (exact) mass is 504 g/mol. The predicted octanol–water partition coefficient (Wildman–Crippen LogP) is 2.50. The van der Waals surface area contributed by atoms with Crippen LogP contribution in [0.4, 0.5) is 10.5 Å². The smallest absolute Gasteiger partial charge is 0.414 e. The molecule has 1 atom stereocenters. The number of methoxy groups -OCH3 is 1. The molecule has 1 saturated heterocycles. The second-order valence-electron chi connectivity index (χ2n) is 9.12. The van der Waals surface area contributed by atoms with E-state index in [1.54, 1.807) is 26.9 Å². The molecule has 2 aliphatic rings. The largest absolute Gasteiger partial charge is 0.491 e. The number of nitrogens with zero attached hydrogens (tertiary/aromatic N) is 4. The van der Waals surface area contributed by atoms with E-state index in [1.165, 1.54) is 13.4 Å². The standard InChI is InChI=1S/C24H32N4O6S/c1-17-6-7-20-21(28(17)24(30)33-2)9-8-19(18-15-25-27(16-18)12-14-35(3,31)32)23(20)34-13-11-26-10-4-5-22(26)29/h8-9,15-17H,4-7,10-14H2,1-3H3/t17-/m0/s1. The number of rotatable bonds is 8. The quantitative estimate of drug-likeness (QED) is 0.543. The fourth-order valence-electron chi connectivity index (χ4n) is 4.66. The van der Waals surface area contributed by atoms with Crippen LogP contribution in [-0.2, 0) is 32.3 Å². The van der Waals surface area contributed by atoms with Gasteiger partial charge in [-0.15, -0.1) is 0 Å². The number of fused-ring (bicyclic) bond motifs is 1. The van der Waals surface area contributed by atoms with Crippen LogP contribution in [0.2, 0.25) is 0 Å². The van der Waals surface area contributed by atoms with Crippen molar-refractivity contribution >= 4 is 27.5 Å². The van der Waals surface area contributed by atoms with Crippen molar-refractivity contribution in [3.05, 3.63) is 30.1 Å². The maximum atomic E-state index is 12.5. The van der Waals surface area contributed by atoms with E-state index in [-0.39, 0.29) is 24.2 Å². The maximum Gasteiger partial charge on any atom is 0.414 e. The van der Waals surface area contributed by atoms with E-state index in [9.17, 15) is 18.0 Å². The molecule has 2 amide bonds. The van der Waals surface area contributed by atoms with E-state index in [0.29, 0.717) is 25.3 Å². The van der Waals surface area contributed by atoms with Gasteiger partial charge >= 0.3 is 6.09 Å². The second-order valence-corrected chi connectivity index (χ2v) is 11.4. The number of hydrogen-bond donors (Lipinski definition) is 0. The number of anilines is 1. The summed E-state index contributed by atoms with van der Waals surface area (Å²) in [5.74, 6) is 0.789. The van der Waals surface area contributed by atoms with E-state index < -0.39 is 15.9 Å². The molecule has 190 valence electrons. The Morgan fingerprint density at radius 1 is 1.23 bits per heavy atom. The molecule has 1 aromatic heterocycles. The Hall–Kier alpha value is -3.08. The van der Waals surface area contributed by atoms with Crippen LogP contribution in [0, 0.1) is 0 Å². The number of carbonyl (C=O) groups excluding carboxylic acids is 2. The molecule has 35 heavy (non-hydrogen) atoms. The number of likely N-dealkylation sites (tertiary alicyclic amines) is 1. The molecule has 0 saturated carbocycles. The molecule has 3 heterocycles.